The maximum atomic E-state index is 6.31. The monoisotopic (exact) mass is 293 g/mol. The summed E-state index contributed by atoms with van der Waals surface area (Å²) in [6, 6.07) is 11.8. The number of hydrogen-bond donors (Lipinski definition) is 1. The van der Waals surface area contributed by atoms with E-state index in [4.69, 9.17) is 28.9 Å². The second-order valence-electron chi connectivity index (χ2n) is 4.81. The third-order valence-corrected chi connectivity index (χ3v) is 4.38. The molecule has 0 bridgehead atoms. The van der Waals surface area contributed by atoms with Crippen LogP contribution >= 0.6 is 23.2 Å². The number of benzene rings is 2. The highest BCUT2D eigenvalue weighted by Gasteiger charge is 2.13. The lowest BCUT2D eigenvalue weighted by Gasteiger charge is -2.17. The average molecular weight is 294 g/mol. The van der Waals surface area contributed by atoms with Crippen molar-refractivity contribution in [2.24, 2.45) is 5.73 Å². The molecule has 0 aliphatic heterocycles. The van der Waals surface area contributed by atoms with E-state index in [1.165, 1.54) is 11.1 Å². The Bertz CT molecular complexity index is 593. The standard InChI is InChI=1S/C16H17Cl2N/c1-10-5-3-7-13(11(10)2)15(19)9-12-6-4-8-14(17)16(12)18/h3-8,15H,9,19H2,1-2H3. The van der Waals surface area contributed by atoms with Crippen LogP contribution in [-0.2, 0) is 6.42 Å². The van der Waals surface area contributed by atoms with Crippen molar-refractivity contribution in [2.75, 3.05) is 0 Å². The molecule has 0 radical (unpaired) electrons. The highest BCUT2D eigenvalue weighted by atomic mass is 35.5. The largest absolute Gasteiger partial charge is 0.324 e. The molecule has 1 atom stereocenters. The van der Waals surface area contributed by atoms with Gasteiger partial charge in [0.15, 0.2) is 0 Å². The zero-order valence-electron chi connectivity index (χ0n) is 11.1. The van der Waals surface area contributed by atoms with Crippen LogP contribution in [0.15, 0.2) is 36.4 Å². The van der Waals surface area contributed by atoms with Crippen molar-refractivity contribution in [1.29, 1.82) is 0 Å². The molecule has 2 aromatic rings. The number of halogens is 2. The summed E-state index contributed by atoms with van der Waals surface area (Å²) in [5.74, 6) is 0. The highest BCUT2D eigenvalue weighted by molar-refractivity contribution is 6.42. The van der Waals surface area contributed by atoms with Gasteiger partial charge in [0.25, 0.3) is 0 Å². The first-order valence-corrected chi connectivity index (χ1v) is 7.01. The quantitative estimate of drug-likeness (QED) is 0.860. The van der Waals surface area contributed by atoms with Crippen LogP contribution in [-0.4, -0.2) is 0 Å². The Labute approximate surface area is 124 Å². The zero-order valence-corrected chi connectivity index (χ0v) is 12.6. The second kappa shape index (κ2) is 5.96. The van der Waals surface area contributed by atoms with E-state index in [2.05, 4.69) is 26.0 Å². The van der Waals surface area contributed by atoms with E-state index in [-0.39, 0.29) is 6.04 Å². The molecule has 0 saturated carbocycles. The molecule has 0 spiro atoms. The molecule has 0 aromatic heterocycles. The van der Waals surface area contributed by atoms with E-state index in [1.807, 2.05) is 18.2 Å². The van der Waals surface area contributed by atoms with Gasteiger partial charge >= 0.3 is 0 Å². The van der Waals surface area contributed by atoms with Gasteiger partial charge in [0, 0.05) is 6.04 Å². The van der Waals surface area contributed by atoms with E-state index in [0.29, 0.717) is 16.5 Å². The lowest BCUT2D eigenvalue weighted by Crippen LogP contribution is -2.15. The molecule has 0 aliphatic carbocycles. The minimum Gasteiger partial charge on any atom is -0.324 e. The maximum absolute atomic E-state index is 6.31. The van der Waals surface area contributed by atoms with Gasteiger partial charge in [0.1, 0.15) is 0 Å². The molecule has 1 nitrogen and oxygen atoms in total. The Balaban J connectivity index is 2.28. The van der Waals surface area contributed by atoms with Gasteiger partial charge in [-0.1, -0.05) is 53.5 Å². The molecule has 0 saturated heterocycles. The number of hydrogen-bond acceptors (Lipinski definition) is 1. The lowest BCUT2D eigenvalue weighted by atomic mass is 9.94. The Morgan fingerprint density at radius 3 is 2.47 bits per heavy atom. The van der Waals surface area contributed by atoms with Gasteiger partial charge in [0.2, 0.25) is 0 Å². The van der Waals surface area contributed by atoms with Crippen molar-refractivity contribution >= 4 is 23.2 Å². The molecule has 1 unspecified atom stereocenters. The summed E-state index contributed by atoms with van der Waals surface area (Å²) in [5, 5.41) is 1.18. The fourth-order valence-electron chi connectivity index (χ4n) is 2.23. The number of aryl methyl sites for hydroxylation is 1. The normalized spacial score (nSPS) is 12.5. The topological polar surface area (TPSA) is 26.0 Å². The van der Waals surface area contributed by atoms with Crippen molar-refractivity contribution in [3.63, 3.8) is 0 Å². The van der Waals surface area contributed by atoms with Crippen molar-refractivity contribution in [3.8, 4) is 0 Å². The Morgan fingerprint density at radius 1 is 1.05 bits per heavy atom. The summed E-state index contributed by atoms with van der Waals surface area (Å²) in [6.45, 7) is 4.20. The van der Waals surface area contributed by atoms with Crippen LogP contribution in [0.2, 0.25) is 10.0 Å². The van der Waals surface area contributed by atoms with Gasteiger partial charge in [-0.25, -0.2) is 0 Å². The van der Waals surface area contributed by atoms with Crippen LogP contribution in [0.5, 0.6) is 0 Å². The van der Waals surface area contributed by atoms with E-state index >= 15 is 0 Å². The summed E-state index contributed by atoms with van der Waals surface area (Å²) < 4.78 is 0. The second-order valence-corrected chi connectivity index (χ2v) is 5.60. The zero-order chi connectivity index (χ0) is 14.0. The molecular weight excluding hydrogens is 277 g/mol. The molecule has 3 heteroatoms. The molecule has 2 rings (SSSR count). The molecule has 0 aliphatic rings. The smallest absolute Gasteiger partial charge is 0.0624 e. The third kappa shape index (κ3) is 3.11. The third-order valence-electron chi connectivity index (χ3n) is 3.52. The summed E-state index contributed by atoms with van der Waals surface area (Å²) in [5.41, 5.74) is 11.0. The van der Waals surface area contributed by atoms with Crippen molar-refractivity contribution in [3.05, 3.63) is 68.7 Å². The van der Waals surface area contributed by atoms with Gasteiger partial charge in [-0.05, 0) is 48.6 Å². The van der Waals surface area contributed by atoms with Crippen LogP contribution in [0.1, 0.15) is 28.3 Å². The fraction of sp³-hybridized carbons (Fsp3) is 0.250. The first kappa shape index (κ1) is 14.4. The van der Waals surface area contributed by atoms with E-state index in [9.17, 15) is 0 Å². The molecule has 100 valence electrons. The Morgan fingerprint density at radius 2 is 1.74 bits per heavy atom. The van der Waals surface area contributed by atoms with Gasteiger partial charge in [-0.3, -0.25) is 0 Å². The maximum Gasteiger partial charge on any atom is 0.0624 e. The highest BCUT2D eigenvalue weighted by Crippen LogP contribution is 2.29. The number of rotatable bonds is 3. The van der Waals surface area contributed by atoms with Crippen molar-refractivity contribution in [1.82, 2.24) is 0 Å². The summed E-state index contributed by atoms with van der Waals surface area (Å²) in [7, 11) is 0. The number of nitrogens with two attached hydrogens (primary N) is 1. The van der Waals surface area contributed by atoms with Crippen LogP contribution in [0.25, 0.3) is 0 Å². The first-order chi connectivity index (χ1) is 9.00. The first-order valence-electron chi connectivity index (χ1n) is 6.25. The molecule has 0 heterocycles. The minimum absolute atomic E-state index is 0.0733. The van der Waals surface area contributed by atoms with E-state index in [1.54, 1.807) is 6.07 Å². The Kier molecular flexibility index (Phi) is 4.51. The van der Waals surface area contributed by atoms with Crippen LogP contribution < -0.4 is 5.73 Å². The summed E-state index contributed by atoms with van der Waals surface area (Å²) in [6.07, 6.45) is 0.684. The van der Waals surface area contributed by atoms with Crippen LogP contribution in [0.3, 0.4) is 0 Å². The predicted octanol–water partition coefficient (Wildman–Crippen LogP) is 4.85. The van der Waals surface area contributed by atoms with Gasteiger partial charge < -0.3 is 5.73 Å². The molecule has 0 fully saturated rings. The predicted molar refractivity (Wildman–Crippen MR) is 83.0 cm³/mol. The minimum atomic E-state index is -0.0733. The van der Waals surface area contributed by atoms with Gasteiger partial charge in [-0.15, -0.1) is 0 Å². The van der Waals surface area contributed by atoms with Gasteiger partial charge in [0.05, 0.1) is 10.0 Å². The van der Waals surface area contributed by atoms with Crippen molar-refractivity contribution < 1.29 is 0 Å². The average Bonchev–Trinajstić information content (AvgIpc) is 2.38. The molecule has 19 heavy (non-hydrogen) atoms. The Hall–Kier alpha value is -1.02. The summed E-state index contributed by atoms with van der Waals surface area (Å²) in [4.78, 5) is 0. The lowest BCUT2D eigenvalue weighted by molar-refractivity contribution is 0.715. The van der Waals surface area contributed by atoms with E-state index < -0.39 is 0 Å². The van der Waals surface area contributed by atoms with Crippen molar-refractivity contribution in [2.45, 2.75) is 26.3 Å². The molecule has 2 N–H and O–H groups in total. The molecule has 2 aromatic carbocycles. The SMILES string of the molecule is Cc1cccc(C(N)Cc2cccc(Cl)c2Cl)c1C. The van der Waals surface area contributed by atoms with Crippen LogP contribution in [0.4, 0.5) is 0 Å². The molecule has 0 amide bonds. The summed E-state index contributed by atoms with van der Waals surface area (Å²) >= 11 is 12.2. The van der Waals surface area contributed by atoms with E-state index in [0.717, 1.165) is 11.1 Å². The van der Waals surface area contributed by atoms with Crippen LogP contribution in [0, 0.1) is 13.8 Å². The van der Waals surface area contributed by atoms with Gasteiger partial charge in [-0.2, -0.15) is 0 Å². The fourth-order valence-corrected chi connectivity index (χ4v) is 2.63. The molecular formula is C16H17Cl2N.